The molecule has 0 spiro atoms. The molecule has 0 aromatic carbocycles. The number of nitrogens with zero attached hydrogens (tertiary/aromatic N) is 2. The molecule has 0 saturated carbocycles. The van der Waals surface area contributed by atoms with Crippen LogP contribution in [-0.4, -0.2) is 61.9 Å². The van der Waals surface area contributed by atoms with E-state index in [0.717, 1.165) is 0 Å². The first-order chi connectivity index (χ1) is 8.31. The van der Waals surface area contributed by atoms with Crippen LogP contribution in [0.25, 0.3) is 0 Å². The Morgan fingerprint density at radius 3 is 2.28 bits per heavy atom. The first-order valence-electron chi connectivity index (χ1n) is 6.34. The van der Waals surface area contributed by atoms with Crippen LogP contribution in [0.15, 0.2) is 0 Å². The first-order valence-corrected chi connectivity index (χ1v) is 7.95. The summed E-state index contributed by atoms with van der Waals surface area (Å²) in [6, 6.07) is 0. The lowest BCUT2D eigenvalue weighted by Crippen LogP contribution is -2.51. The van der Waals surface area contributed by atoms with Gasteiger partial charge >= 0.3 is 0 Å². The molecule has 0 amide bonds. The van der Waals surface area contributed by atoms with Crippen LogP contribution in [0.2, 0.25) is 0 Å². The van der Waals surface area contributed by atoms with Gasteiger partial charge in [0.15, 0.2) is 0 Å². The molecule has 1 saturated heterocycles. The predicted octanol–water partition coefficient (Wildman–Crippen LogP) is -0.0841. The molecule has 106 valence electrons. The van der Waals surface area contributed by atoms with Crippen molar-refractivity contribution in [3.63, 3.8) is 0 Å². The number of hydrogen-bond donors (Lipinski definition) is 2. The minimum absolute atomic E-state index is 0.131. The maximum absolute atomic E-state index is 12.1. The number of piperazine rings is 1. The molecular weight excluding hydrogens is 252 g/mol. The first kappa shape index (κ1) is 15.4. The molecule has 0 aliphatic carbocycles. The van der Waals surface area contributed by atoms with Gasteiger partial charge in [-0.15, -0.1) is 0 Å². The smallest absolute Gasteiger partial charge is 0.214 e. The fourth-order valence-corrected chi connectivity index (χ4v) is 3.67. The maximum Gasteiger partial charge on any atom is 0.214 e. The van der Waals surface area contributed by atoms with Crippen LogP contribution < -0.4 is 5.73 Å². The van der Waals surface area contributed by atoms with Gasteiger partial charge in [0.1, 0.15) is 5.84 Å². The van der Waals surface area contributed by atoms with Gasteiger partial charge in [-0.2, -0.15) is 4.31 Å². The second-order valence-electron chi connectivity index (χ2n) is 5.20. The lowest BCUT2D eigenvalue weighted by Gasteiger charge is -2.33. The van der Waals surface area contributed by atoms with E-state index in [2.05, 4.69) is 0 Å². The highest BCUT2D eigenvalue weighted by molar-refractivity contribution is 7.89. The van der Waals surface area contributed by atoms with E-state index in [1.165, 1.54) is 0 Å². The van der Waals surface area contributed by atoms with Crippen molar-refractivity contribution in [1.29, 1.82) is 5.41 Å². The lowest BCUT2D eigenvalue weighted by atomic mass is 10.2. The fraction of sp³-hybridized carbons (Fsp3) is 0.909. The second kappa shape index (κ2) is 6.49. The Balaban J connectivity index is 2.44. The molecule has 0 radical (unpaired) electrons. The average Bonchev–Trinajstić information content (AvgIpc) is 2.26. The summed E-state index contributed by atoms with van der Waals surface area (Å²) in [7, 11) is -3.11. The largest absolute Gasteiger partial charge is 0.387 e. The number of sulfonamides is 1. The summed E-state index contributed by atoms with van der Waals surface area (Å²) in [5.41, 5.74) is 5.33. The topological polar surface area (TPSA) is 90.5 Å². The Kier molecular flexibility index (Phi) is 5.55. The van der Waals surface area contributed by atoms with E-state index in [-0.39, 0.29) is 11.6 Å². The predicted molar refractivity (Wildman–Crippen MR) is 73.2 cm³/mol. The zero-order valence-electron chi connectivity index (χ0n) is 11.2. The molecule has 1 heterocycles. The Morgan fingerprint density at radius 1 is 1.28 bits per heavy atom. The summed E-state index contributed by atoms with van der Waals surface area (Å²) in [4.78, 5) is 2.01. The molecule has 1 aliphatic heterocycles. The van der Waals surface area contributed by atoms with Gasteiger partial charge in [0.05, 0.1) is 12.3 Å². The zero-order valence-corrected chi connectivity index (χ0v) is 12.0. The molecule has 3 N–H and O–H groups in total. The zero-order chi connectivity index (χ0) is 13.8. The van der Waals surface area contributed by atoms with E-state index in [1.807, 2.05) is 18.7 Å². The third-order valence-electron chi connectivity index (χ3n) is 3.07. The quantitative estimate of drug-likeness (QED) is 0.524. The third kappa shape index (κ3) is 4.91. The van der Waals surface area contributed by atoms with Crippen molar-refractivity contribution in [2.75, 3.05) is 38.5 Å². The number of amidine groups is 1. The van der Waals surface area contributed by atoms with Crippen LogP contribution in [0.1, 0.15) is 20.3 Å². The Morgan fingerprint density at radius 2 is 1.83 bits per heavy atom. The van der Waals surface area contributed by atoms with Gasteiger partial charge in [0.2, 0.25) is 10.0 Å². The van der Waals surface area contributed by atoms with E-state index >= 15 is 0 Å². The van der Waals surface area contributed by atoms with Gasteiger partial charge < -0.3 is 5.73 Å². The standard InChI is InChI=1S/C11H24N4O2S/c1-10(2)3-8-18(16,17)15-6-4-14(5-7-15)9-11(12)13/h10H,3-9H2,1-2H3,(H3,12,13). The lowest BCUT2D eigenvalue weighted by molar-refractivity contribution is 0.208. The van der Waals surface area contributed by atoms with Gasteiger partial charge in [-0.05, 0) is 12.3 Å². The molecule has 0 aromatic rings. The van der Waals surface area contributed by atoms with Crippen LogP contribution in [0.3, 0.4) is 0 Å². The van der Waals surface area contributed by atoms with Crippen molar-refractivity contribution in [2.45, 2.75) is 20.3 Å². The molecule has 0 atom stereocenters. The number of hydrogen-bond acceptors (Lipinski definition) is 4. The SMILES string of the molecule is CC(C)CCS(=O)(=O)N1CCN(CC(=N)N)CC1. The van der Waals surface area contributed by atoms with E-state index in [1.54, 1.807) is 4.31 Å². The number of nitrogens with two attached hydrogens (primary N) is 1. The van der Waals surface area contributed by atoms with Crippen molar-refractivity contribution < 1.29 is 8.42 Å². The normalized spacial score (nSPS) is 19.3. The molecule has 1 fully saturated rings. The average molecular weight is 276 g/mol. The van der Waals surface area contributed by atoms with Crippen LogP contribution in [0, 0.1) is 11.3 Å². The molecular formula is C11H24N4O2S. The fourth-order valence-electron chi connectivity index (χ4n) is 1.92. The summed E-state index contributed by atoms with van der Waals surface area (Å²) in [5, 5.41) is 7.22. The van der Waals surface area contributed by atoms with E-state index in [0.29, 0.717) is 45.1 Å². The van der Waals surface area contributed by atoms with Crippen LogP contribution >= 0.6 is 0 Å². The van der Waals surface area contributed by atoms with Gasteiger partial charge in [0.25, 0.3) is 0 Å². The van der Waals surface area contributed by atoms with Gasteiger partial charge in [-0.3, -0.25) is 10.3 Å². The van der Waals surface area contributed by atoms with Crippen molar-refractivity contribution in [3.8, 4) is 0 Å². The highest BCUT2D eigenvalue weighted by atomic mass is 32.2. The van der Waals surface area contributed by atoms with Crippen LogP contribution in [0.5, 0.6) is 0 Å². The van der Waals surface area contributed by atoms with Crippen molar-refractivity contribution in [3.05, 3.63) is 0 Å². The van der Waals surface area contributed by atoms with E-state index in [4.69, 9.17) is 11.1 Å². The summed E-state index contributed by atoms with van der Waals surface area (Å²) >= 11 is 0. The summed E-state index contributed by atoms with van der Waals surface area (Å²) in [5.74, 6) is 0.766. The molecule has 18 heavy (non-hydrogen) atoms. The van der Waals surface area contributed by atoms with Gasteiger partial charge in [-0.1, -0.05) is 13.8 Å². The Hall–Kier alpha value is -0.660. The highest BCUT2D eigenvalue weighted by Crippen LogP contribution is 2.11. The minimum atomic E-state index is -3.11. The van der Waals surface area contributed by atoms with Crippen LogP contribution in [-0.2, 0) is 10.0 Å². The summed E-state index contributed by atoms with van der Waals surface area (Å²) in [6.07, 6.45) is 0.704. The van der Waals surface area contributed by atoms with Crippen LogP contribution in [0.4, 0.5) is 0 Å². The molecule has 0 unspecified atom stereocenters. The monoisotopic (exact) mass is 276 g/mol. The maximum atomic E-state index is 12.1. The number of nitrogens with one attached hydrogen (secondary N) is 1. The molecule has 7 heteroatoms. The highest BCUT2D eigenvalue weighted by Gasteiger charge is 2.26. The van der Waals surface area contributed by atoms with E-state index in [9.17, 15) is 8.42 Å². The molecule has 1 aliphatic rings. The molecule has 0 aromatic heterocycles. The van der Waals surface area contributed by atoms with Crippen molar-refractivity contribution in [2.24, 2.45) is 11.7 Å². The van der Waals surface area contributed by atoms with E-state index < -0.39 is 10.0 Å². The Bertz CT molecular complexity index is 373. The summed E-state index contributed by atoms with van der Waals surface area (Å²) < 4.78 is 25.7. The molecule has 1 rings (SSSR count). The van der Waals surface area contributed by atoms with Gasteiger partial charge in [0, 0.05) is 26.2 Å². The van der Waals surface area contributed by atoms with Crippen molar-refractivity contribution in [1.82, 2.24) is 9.21 Å². The third-order valence-corrected chi connectivity index (χ3v) is 4.98. The molecule has 6 nitrogen and oxygen atoms in total. The second-order valence-corrected chi connectivity index (χ2v) is 7.29. The number of rotatable bonds is 6. The Labute approximate surface area is 110 Å². The summed E-state index contributed by atoms with van der Waals surface area (Å²) in [6.45, 7) is 6.81. The minimum Gasteiger partial charge on any atom is -0.387 e. The van der Waals surface area contributed by atoms with Crippen molar-refractivity contribution >= 4 is 15.9 Å². The molecule has 0 bridgehead atoms. The van der Waals surface area contributed by atoms with Gasteiger partial charge in [-0.25, -0.2) is 8.42 Å².